The molecule has 4 atom stereocenters. The van der Waals surface area contributed by atoms with Crippen LogP contribution in [0, 0.1) is 0 Å². The fourth-order valence-electron chi connectivity index (χ4n) is 6.60. The van der Waals surface area contributed by atoms with E-state index < -0.39 is 59.7 Å². The number of hydrogen-bond donors (Lipinski definition) is 6. The first-order valence-electron chi connectivity index (χ1n) is 18.6. The number of anilines is 1. The Balaban J connectivity index is 1.33. The number of rotatable bonds is 8. The maximum absolute atomic E-state index is 14.4. The van der Waals surface area contributed by atoms with E-state index in [1.165, 1.54) is 35.6 Å². The van der Waals surface area contributed by atoms with Crippen LogP contribution in [0.3, 0.4) is 0 Å². The first kappa shape index (κ1) is 40.1. The Morgan fingerprint density at radius 1 is 0.579 bits per heavy atom. The topological polar surface area (TPSA) is 183 Å². The average Bonchev–Trinajstić information content (AvgIpc) is 3.73. The lowest BCUT2D eigenvalue weighted by molar-refractivity contribution is -0.142. The molecular formula is C44H43N5O7S. The number of amides is 5. The Morgan fingerprint density at radius 3 is 1.86 bits per heavy atom. The van der Waals surface area contributed by atoms with Gasteiger partial charge in [0, 0.05) is 48.7 Å². The summed E-state index contributed by atoms with van der Waals surface area (Å²) in [6, 6.07) is 31.9. The lowest BCUT2D eigenvalue weighted by Gasteiger charge is -2.26. The van der Waals surface area contributed by atoms with Gasteiger partial charge in [0.25, 0.3) is 0 Å². The van der Waals surface area contributed by atoms with Gasteiger partial charge in [-0.15, -0.1) is 11.3 Å². The molecule has 0 radical (unpaired) electrons. The minimum atomic E-state index is -1.42. The van der Waals surface area contributed by atoms with Gasteiger partial charge in [-0.05, 0) is 57.8 Å². The maximum Gasteiger partial charge on any atom is 0.330 e. The highest BCUT2D eigenvalue weighted by Gasteiger charge is 2.31. The van der Waals surface area contributed by atoms with Crippen LogP contribution in [0.25, 0.3) is 11.1 Å². The van der Waals surface area contributed by atoms with Crippen LogP contribution in [-0.2, 0) is 48.0 Å². The summed E-state index contributed by atoms with van der Waals surface area (Å²) in [4.78, 5) is 81.3. The smallest absolute Gasteiger partial charge is 0.330 e. The number of carboxylic acids is 1. The van der Waals surface area contributed by atoms with Gasteiger partial charge in [-0.25, -0.2) is 4.79 Å². The number of carbonyl (C=O) groups is 6. The minimum Gasteiger partial charge on any atom is -0.479 e. The van der Waals surface area contributed by atoms with Gasteiger partial charge < -0.3 is 31.7 Å². The van der Waals surface area contributed by atoms with Gasteiger partial charge in [0.15, 0.2) is 6.04 Å². The van der Waals surface area contributed by atoms with Crippen LogP contribution in [0.15, 0.2) is 127 Å². The Labute approximate surface area is 334 Å². The lowest BCUT2D eigenvalue weighted by Crippen LogP contribution is -2.56. The summed E-state index contributed by atoms with van der Waals surface area (Å²) < 4.78 is 0. The number of benzene rings is 4. The van der Waals surface area contributed by atoms with E-state index in [9.17, 15) is 33.9 Å². The van der Waals surface area contributed by atoms with E-state index in [4.69, 9.17) is 0 Å². The molecule has 0 saturated heterocycles. The van der Waals surface area contributed by atoms with Gasteiger partial charge in [-0.3, -0.25) is 24.0 Å². The van der Waals surface area contributed by atoms with Crippen LogP contribution in [0.2, 0.25) is 0 Å². The molecule has 2 bridgehead atoms. The van der Waals surface area contributed by atoms with Crippen molar-refractivity contribution in [1.82, 2.24) is 21.3 Å². The zero-order chi connectivity index (χ0) is 40.1. The third kappa shape index (κ3) is 11.7. The normalized spacial score (nSPS) is 19.9. The molecule has 57 heavy (non-hydrogen) atoms. The van der Waals surface area contributed by atoms with Gasteiger partial charge in [-0.1, -0.05) is 103 Å². The fraction of sp³-hybridized carbons (Fsp3) is 0.227. The van der Waals surface area contributed by atoms with E-state index in [1.807, 2.05) is 102 Å². The molecule has 2 aliphatic heterocycles. The second-order valence-electron chi connectivity index (χ2n) is 13.8. The van der Waals surface area contributed by atoms with Gasteiger partial charge >= 0.3 is 5.97 Å². The van der Waals surface area contributed by atoms with Crippen molar-refractivity contribution in [2.24, 2.45) is 0 Å². The van der Waals surface area contributed by atoms with E-state index in [0.29, 0.717) is 5.69 Å². The fourth-order valence-corrected chi connectivity index (χ4v) is 7.35. The molecule has 0 aliphatic carbocycles. The van der Waals surface area contributed by atoms with Crippen LogP contribution in [0.5, 0.6) is 0 Å². The summed E-state index contributed by atoms with van der Waals surface area (Å²) in [6.07, 6.45) is -0.230. The number of nitrogens with one attached hydrogen (secondary N) is 5. The second-order valence-corrected chi connectivity index (χ2v) is 14.9. The summed E-state index contributed by atoms with van der Waals surface area (Å²) >= 11 is 1.42. The molecule has 3 heterocycles. The van der Waals surface area contributed by atoms with Crippen molar-refractivity contribution in [2.45, 2.75) is 62.7 Å². The van der Waals surface area contributed by atoms with Crippen LogP contribution in [0.4, 0.5) is 5.69 Å². The Morgan fingerprint density at radius 2 is 1.19 bits per heavy atom. The molecule has 12 nitrogen and oxygen atoms in total. The SMILES string of the molecule is O=C1CCC(=O)N[C@H](Cc2cccs2)C(=O)N[C@@H](Cc2ccc(-c3ccccc3)cc2)C(=O)N[C@H](Cc2ccccc2)CC(=O)NC(C(=O)O)c2ccc(cc2)N1. The monoisotopic (exact) mass is 785 g/mol. The quantitative estimate of drug-likeness (QED) is 0.120. The number of thiophene rings is 1. The second kappa shape index (κ2) is 19.3. The third-order valence-electron chi connectivity index (χ3n) is 9.53. The van der Waals surface area contributed by atoms with E-state index in [-0.39, 0.29) is 44.1 Å². The highest BCUT2D eigenvalue weighted by molar-refractivity contribution is 7.09. The molecule has 5 amide bonds. The van der Waals surface area contributed by atoms with Crippen LogP contribution in [0.1, 0.15) is 46.9 Å². The molecule has 5 aromatic rings. The van der Waals surface area contributed by atoms with Crippen molar-refractivity contribution in [3.8, 4) is 11.1 Å². The van der Waals surface area contributed by atoms with E-state index >= 15 is 0 Å². The molecule has 0 saturated carbocycles. The zero-order valence-corrected chi connectivity index (χ0v) is 31.8. The van der Waals surface area contributed by atoms with Crippen molar-refractivity contribution in [3.63, 3.8) is 0 Å². The van der Waals surface area contributed by atoms with Crippen LogP contribution < -0.4 is 26.6 Å². The Bertz CT molecular complexity index is 2160. The highest BCUT2D eigenvalue weighted by Crippen LogP contribution is 2.21. The Hall–Kier alpha value is -6.60. The number of aliphatic carboxylic acids is 1. The number of hydrogen-bond acceptors (Lipinski definition) is 7. The molecule has 2 aliphatic rings. The highest BCUT2D eigenvalue weighted by atomic mass is 32.1. The van der Waals surface area contributed by atoms with E-state index in [2.05, 4.69) is 26.6 Å². The summed E-state index contributed by atoms with van der Waals surface area (Å²) in [5.41, 5.74) is 4.19. The summed E-state index contributed by atoms with van der Waals surface area (Å²) in [5.74, 6) is -4.09. The molecule has 0 spiro atoms. The number of carboxylic acid groups (broad SMARTS) is 1. The first-order chi connectivity index (χ1) is 27.6. The third-order valence-corrected chi connectivity index (χ3v) is 10.4. The van der Waals surface area contributed by atoms with E-state index in [0.717, 1.165) is 27.1 Å². The lowest BCUT2D eigenvalue weighted by atomic mass is 9.98. The largest absolute Gasteiger partial charge is 0.479 e. The summed E-state index contributed by atoms with van der Waals surface area (Å²) in [7, 11) is 0. The maximum atomic E-state index is 14.4. The predicted molar refractivity (Wildman–Crippen MR) is 217 cm³/mol. The van der Waals surface area contributed by atoms with Crippen molar-refractivity contribution < 1.29 is 33.9 Å². The molecule has 292 valence electrons. The summed E-state index contributed by atoms with van der Waals surface area (Å²) in [6.45, 7) is 0. The number of fused-ring (bicyclic) bond motifs is 18. The van der Waals surface area contributed by atoms with Crippen molar-refractivity contribution in [2.75, 3.05) is 5.32 Å². The minimum absolute atomic E-state index is 0.0770. The molecule has 7 rings (SSSR count). The van der Waals surface area contributed by atoms with Crippen molar-refractivity contribution in [3.05, 3.63) is 148 Å². The van der Waals surface area contributed by atoms with Crippen molar-refractivity contribution >= 4 is 52.5 Å². The van der Waals surface area contributed by atoms with Crippen LogP contribution >= 0.6 is 11.3 Å². The van der Waals surface area contributed by atoms with Crippen molar-refractivity contribution in [1.29, 1.82) is 0 Å². The molecule has 13 heteroatoms. The van der Waals surface area contributed by atoms with Gasteiger partial charge in [-0.2, -0.15) is 0 Å². The molecule has 1 unspecified atom stereocenters. The van der Waals surface area contributed by atoms with Gasteiger partial charge in [0.2, 0.25) is 29.5 Å². The molecular weight excluding hydrogens is 743 g/mol. The Kier molecular flexibility index (Phi) is 13.6. The molecule has 4 aromatic carbocycles. The van der Waals surface area contributed by atoms with E-state index in [1.54, 1.807) is 0 Å². The first-order valence-corrected chi connectivity index (χ1v) is 19.5. The summed E-state index contributed by atoms with van der Waals surface area (Å²) in [5, 5.41) is 25.8. The zero-order valence-electron chi connectivity index (χ0n) is 31.0. The molecule has 0 fully saturated rings. The molecule has 1 aromatic heterocycles. The average molecular weight is 786 g/mol. The standard InChI is InChI=1S/C44H43N5O7S/c50-38-21-22-39(51)47-37(27-35-12-7-23-57-35)43(54)48-36(25-29-13-15-31(16-14-29)30-10-5-2-6-11-30)42(53)46-34(24-28-8-3-1-4-9-28)26-40(52)49-41(44(55)56)32-17-19-33(45-38)20-18-32/h1-20,23,34,36-37,41H,21-22,24-27H2,(H,45,50)(H,46,53)(H,47,51)(H,48,54)(H,49,52)(H,55,56)/t34-,36+,37-,41?/m1/s1. The number of carbonyl (C=O) groups excluding carboxylic acids is 5. The van der Waals surface area contributed by atoms with Gasteiger partial charge in [0.05, 0.1) is 0 Å². The molecule has 6 N–H and O–H groups in total. The van der Waals surface area contributed by atoms with Gasteiger partial charge in [0.1, 0.15) is 12.1 Å². The predicted octanol–water partition coefficient (Wildman–Crippen LogP) is 4.96. The van der Waals surface area contributed by atoms with Crippen LogP contribution in [-0.4, -0.2) is 58.7 Å².